The van der Waals surface area contributed by atoms with E-state index in [1.165, 1.54) is 4.31 Å². The van der Waals surface area contributed by atoms with Crippen molar-refractivity contribution in [3.8, 4) is 0 Å². The number of carboxylic acids is 1. The topological polar surface area (TPSA) is 101 Å². The summed E-state index contributed by atoms with van der Waals surface area (Å²) in [6.07, 6.45) is 1.55. The Labute approximate surface area is 95.5 Å². The van der Waals surface area contributed by atoms with E-state index in [1.807, 2.05) is 6.92 Å². The number of hydrogen-bond acceptors (Lipinski definition) is 4. The minimum Gasteiger partial charge on any atom is -0.480 e. The molecule has 0 bridgehead atoms. The highest BCUT2D eigenvalue weighted by molar-refractivity contribution is 7.89. The van der Waals surface area contributed by atoms with Crippen LogP contribution in [-0.2, 0) is 14.8 Å². The Balaban J connectivity index is 2.69. The van der Waals surface area contributed by atoms with E-state index in [0.717, 1.165) is 6.42 Å². The number of sulfonamides is 1. The summed E-state index contributed by atoms with van der Waals surface area (Å²) in [5.74, 6) is -1.07. The van der Waals surface area contributed by atoms with Gasteiger partial charge in [0.05, 0.1) is 5.75 Å². The zero-order chi connectivity index (χ0) is 12.4. The molecule has 1 heterocycles. The lowest BCUT2D eigenvalue weighted by Crippen LogP contribution is -2.50. The van der Waals surface area contributed by atoms with Crippen molar-refractivity contribution in [2.24, 2.45) is 5.73 Å². The van der Waals surface area contributed by atoms with Gasteiger partial charge in [-0.1, -0.05) is 13.3 Å². The summed E-state index contributed by atoms with van der Waals surface area (Å²) in [6, 6.07) is 0. The van der Waals surface area contributed by atoms with Gasteiger partial charge in [0.15, 0.2) is 0 Å². The SMILES string of the molecule is CCCCS(=O)(=O)N1CCC(N)(C(=O)O)C1. The number of rotatable bonds is 5. The molecule has 7 heteroatoms. The molecule has 1 aliphatic heterocycles. The summed E-state index contributed by atoms with van der Waals surface area (Å²) >= 11 is 0. The summed E-state index contributed by atoms with van der Waals surface area (Å²) in [7, 11) is -3.34. The third-order valence-corrected chi connectivity index (χ3v) is 4.74. The third-order valence-electron chi connectivity index (χ3n) is 2.84. The molecule has 0 spiro atoms. The summed E-state index contributed by atoms with van der Waals surface area (Å²) in [5, 5.41) is 8.89. The predicted molar refractivity (Wildman–Crippen MR) is 59.4 cm³/mol. The lowest BCUT2D eigenvalue weighted by atomic mass is 10.0. The van der Waals surface area contributed by atoms with Crippen LogP contribution in [0.2, 0.25) is 0 Å². The van der Waals surface area contributed by atoms with Crippen LogP contribution in [0.3, 0.4) is 0 Å². The fourth-order valence-corrected chi connectivity index (χ4v) is 3.37. The van der Waals surface area contributed by atoms with E-state index in [2.05, 4.69) is 0 Å². The standard InChI is InChI=1S/C9H18N2O4S/c1-2-3-6-16(14,15)11-5-4-9(10,7-11)8(12)13/h2-7,10H2,1H3,(H,12,13). The fourth-order valence-electron chi connectivity index (χ4n) is 1.66. The zero-order valence-electron chi connectivity index (χ0n) is 9.35. The maximum atomic E-state index is 11.8. The average molecular weight is 250 g/mol. The van der Waals surface area contributed by atoms with Crippen LogP contribution in [0.15, 0.2) is 0 Å². The van der Waals surface area contributed by atoms with Crippen molar-refractivity contribution in [1.82, 2.24) is 4.31 Å². The summed E-state index contributed by atoms with van der Waals surface area (Å²) in [4.78, 5) is 10.9. The maximum Gasteiger partial charge on any atom is 0.325 e. The van der Waals surface area contributed by atoms with E-state index in [-0.39, 0.29) is 25.3 Å². The molecule has 1 unspecified atom stereocenters. The summed E-state index contributed by atoms with van der Waals surface area (Å²) in [5.41, 5.74) is 4.19. The van der Waals surface area contributed by atoms with Gasteiger partial charge in [0.25, 0.3) is 0 Å². The highest BCUT2D eigenvalue weighted by atomic mass is 32.2. The van der Waals surface area contributed by atoms with Crippen LogP contribution in [0.25, 0.3) is 0 Å². The van der Waals surface area contributed by atoms with Crippen molar-refractivity contribution in [1.29, 1.82) is 0 Å². The van der Waals surface area contributed by atoms with E-state index in [1.54, 1.807) is 0 Å². The van der Waals surface area contributed by atoms with Crippen molar-refractivity contribution in [2.75, 3.05) is 18.8 Å². The fraction of sp³-hybridized carbons (Fsp3) is 0.889. The molecule has 0 saturated carbocycles. The first-order valence-electron chi connectivity index (χ1n) is 5.32. The lowest BCUT2D eigenvalue weighted by molar-refractivity contribution is -0.142. The maximum absolute atomic E-state index is 11.8. The highest BCUT2D eigenvalue weighted by Crippen LogP contribution is 2.22. The van der Waals surface area contributed by atoms with Gasteiger partial charge in [0.2, 0.25) is 10.0 Å². The molecule has 1 rings (SSSR count). The molecule has 0 aliphatic carbocycles. The van der Waals surface area contributed by atoms with Gasteiger partial charge in [-0.05, 0) is 12.8 Å². The molecule has 1 saturated heterocycles. The Hall–Kier alpha value is -0.660. The van der Waals surface area contributed by atoms with Crippen LogP contribution >= 0.6 is 0 Å². The molecular weight excluding hydrogens is 232 g/mol. The normalized spacial score (nSPS) is 27.1. The first-order valence-corrected chi connectivity index (χ1v) is 6.93. The van der Waals surface area contributed by atoms with Crippen LogP contribution in [-0.4, -0.2) is 48.2 Å². The van der Waals surface area contributed by atoms with Crippen molar-refractivity contribution in [3.05, 3.63) is 0 Å². The van der Waals surface area contributed by atoms with E-state index in [9.17, 15) is 13.2 Å². The molecule has 0 amide bonds. The largest absolute Gasteiger partial charge is 0.480 e. The second kappa shape index (κ2) is 4.68. The van der Waals surface area contributed by atoms with Gasteiger partial charge in [0, 0.05) is 13.1 Å². The molecule has 0 aromatic rings. The Kier molecular flexibility index (Phi) is 3.92. The minimum atomic E-state index is -3.34. The highest BCUT2D eigenvalue weighted by Gasteiger charge is 2.44. The molecule has 16 heavy (non-hydrogen) atoms. The van der Waals surface area contributed by atoms with Gasteiger partial charge in [-0.15, -0.1) is 0 Å². The second-order valence-electron chi connectivity index (χ2n) is 4.21. The Bertz CT molecular complexity index is 368. The van der Waals surface area contributed by atoms with Crippen molar-refractivity contribution in [2.45, 2.75) is 31.7 Å². The second-order valence-corrected chi connectivity index (χ2v) is 6.30. The van der Waals surface area contributed by atoms with Crippen molar-refractivity contribution < 1.29 is 18.3 Å². The first-order chi connectivity index (χ1) is 7.32. The van der Waals surface area contributed by atoms with Gasteiger partial charge in [-0.3, -0.25) is 4.79 Å². The molecule has 0 aromatic carbocycles. The van der Waals surface area contributed by atoms with Crippen molar-refractivity contribution in [3.63, 3.8) is 0 Å². The Morgan fingerprint density at radius 2 is 2.19 bits per heavy atom. The average Bonchev–Trinajstić information content (AvgIpc) is 2.60. The summed E-state index contributed by atoms with van der Waals surface area (Å²) < 4.78 is 24.8. The number of nitrogens with zero attached hydrogens (tertiary/aromatic N) is 1. The Morgan fingerprint density at radius 1 is 1.56 bits per heavy atom. The smallest absolute Gasteiger partial charge is 0.325 e. The van der Waals surface area contributed by atoms with Gasteiger partial charge < -0.3 is 10.8 Å². The lowest BCUT2D eigenvalue weighted by Gasteiger charge is -2.19. The van der Waals surface area contributed by atoms with Gasteiger partial charge in [-0.25, -0.2) is 8.42 Å². The molecular formula is C9H18N2O4S. The monoisotopic (exact) mass is 250 g/mol. The molecule has 6 nitrogen and oxygen atoms in total. The molecule has 1 fully saturated rings. The number of carboxylic acid groups (broad SMARTS) is 1. The van der Waals surface area contributed by atoms with E-state index < -0.39 is 21.5 Å². The molecule has 3 N–H and O–H groups in total. The molecule has 0 aromatic heterocycles. The number of carbonyl (C=O) groups is 1. The van der Waals surface area contributed by atoms with E-state index in [4.69, 9.17) is 10.8 Å². The van der Waals surface area contributed by atoms with Crippen LogP contribution < -0.4 is 5.73 Å². The first kappa shape index (κ1) is 13.4. The predicted octanol–water partition coefficient (Wildman–Crippen LogP) is -0.396. The number of nitrogens with two attached hydrogens (primary N) is 1. The molecule has 1 atom stereocenters. The van der Waals surface area contributed by atoms with Crippen LogP contribution in [0.4, 0.5) is 0 Å². The van der Waals surface area contributed by atoms with Crippen LogP contribution in [0, 0.1) is 0 Å². The number of hydrogen-bond donors (Lipinski definition) is 2. The van der Waals surface area contributed by atoms with Crippen LogP contribution in [0.5, 0.6) is 0 Å². The van der Waals surface area contributed by atoms with E-state index >= 15 is 0 Å². The van der Waals surface area contributed by atoms with Crippen LogP contribution in [0.1, 0.15) is 26.2 Å². The number of aliphatic carboxylic acids is 1. The third kappa shape index (κ3) is 2.72. The molecule has 0 radical (unpaired) electrons. The van der Waals surface area contributed by atoms with Gasteiger partial charge in [-0.2, -0.15) is 4.31 Å². The zero-order valence-corrected chi connectivity index (χ0v) is 10.2. The van der Waals surface area contributed by atoms with Gasteiger partial charge >= 0.3 is 5.97 Å². The van der Waals surface area contributed by atoms with Crippen molar-refractivity contribution >= 4 is 16.0 Å². The molecule has 1 aliphatic rings. The summed E-state index contributed by atoms with van der Waals surface area (Å²) in [6.45, 7) is 1.99. The molecule has 94 valence electrons. The van der Waals surface area contributed by atoms with E-state index in [0.29, 0.717) is 6.42 Å². The minimum absolute atomic E-state index is 0.0686. The Morgan fingerprint density at radius 3 is 2.62 bits per heavy atom. The van der Waals surface area contributed by atoms with Gasteiger partial charge in [0.1, 0.15) is 5.54 Å². The quantitative estimate of drug-likeness (QED) is 0.691. The number of unbranched alkanes of at least 4 members (excludes halogenated alkanes) is 1.